The summed E-state index contributed by atoms with van der Waals surface area (Å²) in [6, 6.07) is 1.80. The molecule has 5 heteroatoms. The molecule has 0 spiro atoms. The number of hydrogen-bond acceptors (Lipinski definition) is 4. The van der Waals surface area contributed by atoms with E-state index in [0.29, 0.717) is 5.41 Å². The van der Waals surface area contributed by atoms with Gasteiger partial charge in [0.25, 0.3) is 5.91 Å². The van der Waals surface area contributed by atoms with Crippen molar-refractivity contribution in [3.05, 3.63) is 16.3 Å². The van der Waals surface area contributed by atoms with Crippen molar-refractivity contribution >= 4 is 29.9 Å². The lowest BCUT2D eigenvalue weighted by molar-refractivity contribution is 0.0942. The van der Waals surface area contributed by atoms with Crippen LogP contribution in [-0.4, -0.2) is 26.2 Å². The number of thiophene rings is 1. The van der Waals surface area contributed by atoms with Crippen LogP contribution in [0.3, 0.4) is 0 Å². The molecule has 17 heavy (non-hydrogen) atoms. The van der Waals surface area contributed by atoms with Crippen molar-refractivity contribution in [2.75, 3.05) is 20.3 Å². The van der Waals surface area contributed by atoms with Gasteiger partial charge in [-0.2, -0.15) is 0 Å². The first-order chi connectivity index (χ1) is 8.15. The lowest BCUT2D eigenvalue weighted by Gasteiger charge is -2.14. The molecule has 0 radical (unpaired) electrons. The summed E-state index contributed by atoms with van der Waals surface area (Å²) in [7, 11) is 1.72. The molecule has 1 aromatic heterocycles. The quantitative estimate of drug-likeness (QED) is 0.781. The number of thiol groups is 1. The molecular formula is C12H17NO2S2. The van der Waals surface area contributed by atoms with Crippen LogP contribution in [-0.2, 0) is 4.74 Å². The van der Waals surface area contributed by atoms with Crippen LogP contribution in [0, 0.1) is 5.41 Å². The topological polar surface area (TPSA) is 38.3 Å². The highest BCUT2D eigenvalue weighted by Crippen LogP contribution is 2.48. The number of ether oxygens (including phenoxy) is 1. The van der Waals surface area contributed by atoms with Crippen LogP contribution in [0.2, 0.25) is 0 Å². The van der Waals surface area contributed by atoms with Crippen LogP contribution in [0.25, 0.3) is 0 Å². The zero-order valence-electron chi connectivity index (χ0n) is 9.86. The van der Waals surface area contributed by atoms with E-state index in [-0.39, 0.29) is 5.91 Å². The molecule has 2 rings (SSSR count). The monoisotopic (exact) mass is 271 g/mol. The minimum atomic E-state index is 0.0130. The van der Waals surface area contributed by atoms with E-state index in [9.17, 15) is 4.79 Å². The third kappa shape index (κ3) is 3.47. The van der Waals surface area contributed by atoms with Gasteiger partial charge in [0.2, 0.25) is 0 Å². The van der Waals surface area contributed by atoms with E-state index in [1.54, 1.807) is 13.2 Å². The Labute approximate surface area is 111 Å². The summed E-state index contributed by atoms with van der Waals surface area (Å²) in [4.78, 5) is 13.4. The van der Waals surface area contributed by atoms with E-state index >= 15 is 0 Å². The number of hydrogen-bond donors (Lipinski definition) is 2. The highest BCUT2D eigenvalue weighted by atomic mass is 32.1. The zero-order valence-corrected chi connectivity index (χ0v) is 11.6. The summed E-state index contributed by atoms with van der Waals surface area (Å²) in [6.45, 7) is 1.53. The summed E-state index contributed by atoms with van der Waals surface area (Å²) in [5.41, 5.74) is 0.298. The van der Waals surface area contributed by atoms with Crippen LogP contribution in [0.1, 0.15) is 28.9 Å². The summed E-state index contributed by atoms with van der Waals surface area (Å²) >= 11 is 5.63. The SMILES string of the molecule is COCCC1(CNC(=O)c2cc(S)cs2)CC1. The van der Waals surface area contributed by atoms with Crippen molar-refractivity contribution in [3.63, 3.8) is 0 Å². The van der Waals surface area contributed by atoms with Gasteiger partial charge in [-0.05, 0) is 30.7 Å². The summed E-state index contributed by atoms with van der Waals surface area (Å²) in [5, 5.41) is 4.88. The van der Waals surface area contributed by atoms with Crippen LogP contribution >= 0.6 is 24.0 Å². The Morgan fingerprint density at radius 3 is 2.94 bits per heavy atom. The van der Waals surface area contributed by atoms with E-state index in [1.165, 1.54) is 24.2 Å². The predicted octanol–water partition coefficient (Wildman–Crippen LogP) is 2.58. The molecule has 3 nitrogen and oxygen atoms in total. The number of carbonyl (C=O) groups excluding carboxylic acids is 1. The third-order valence-electron chi connectivity index (χ3n) is 3.23. The average Bonchev–Trinajstić information content (AvgIpc) is 2.97. The van der Waals surface area contributed by atoms with Gasteiger partial charge >= 0.3 is 0 Å². The smallest absolute Gasteiger partial charge is 0.261 e. The van der Waals surface area contributed by atoms with Crippen molar-refractivity contribution in [2.45, 2.75) is 24.2 Å². The second-order valence-corrected chi connectivity index (χ2v) is 6.02. The fourth-order valence-corrected chi connectivity index (χ4v) is 2.88. The molecule has 1 heterocycles. The first-order valence-electron chi connectivity index (χ1n) is 5.70. The molecule has 94 valence electrons. The Hall–Kier alpha value is -0.520. The van der Waals surface area contributed by atoms with Gasteiger partial charge in [0.1, 0.15) is 0 Å². The van der Waals surface area contributed by atoms with Crippen molar-refractivity contribution in [1.29, 1.82) is 0 Å². The second-order valence-electron chi connectivity index (χ2n) is 4.59. The largest absolute Gasteiger partial charge is 0.385 e. The van der Waals surface area contributed by atoms with Gasteiger partial charge in [-0.3, -0.25) is 4.79 Å². The van der Waals surface area contributed by atoms with Gasteiger partial charge in [-0.1, -0.05) is 0 Å². The molecule has 0 atom stereocenters. The number of amides is 1. The van der Waals surface area contributed by atoms with Crippen molar-refractivity contribution < 1.29 is 9.53 Å². The van der Waals surface area contributed by atoms with Crippen LogP contribution in [0.4, 0.5) is 0 Å². The molecule has 0 saturated heterocycles. The van der Waals surface area contributed by atoms with E-state index in [2.05, 4.69) is 17.9 Å². The number of rotatable bonds is 6. The van der Waals surface area contributed by atoms with Gasteiger partial charge in [-0.25, -0.2) is 0 Å². The van der Waals surface area contributed by atoms with Crippen molar-refractivity contribution in [2.24, 2.45) is 5.41 Å². The standard InChI is InChI=1S/C12H17NO2S2/c1-15-5-4-12(2-3-12)8-13-11(14)10-6-9(16)7-17-10/h6-7,16H,2-5,8H2,1H3,(H,13,14). The molecule has 1 fully saturated rings. The molecule has 1 aliphatic carbocycles. The second kappa shape index (κ2) is 5.42. The fraction of sp³-hybridized carbons (Fsp3) is 0.583. The average molecular weight is 271 g/mol. The lowest BCUT2D eigenvalue weighted by atomic mass is 10.0. The number of nitrogens with one attached hydrogen (secondary N) is 1. The van der Waals surface area contributed by atoms with Gasteiger partial charge in [0, 0.05) is 30.5 Å². The van der Waals surface area contributed by atoms with E-state index in [1.807, 2.05) is 5.38 Å². The summed E-state index contributed by atoms with van der Waals surface area (Å²) < 4.78 is 5.09. The van der Waals surface area contributed by atoms with Crippen molar-refractivity contribution in [3.8, 4) is 0 Å². The lowest BCUT2D eigenvalue weighted by Crippen LogP contribution is -2.30. The minimum absolute atomic E-state index is 0.0130. The first kappa shape index (κ1) is 12.9. The van der Waals surface area contributed by atoms with Gasteiger partial charge in [0.15, 0.2) is 0 Å². The maximum atomic E-state index is 11.8. The minimum Gasteiger partial charge on any atom is -0.385 e. The highest BCUT2D eigenvalue weighted by molar-refractivity contribution is 7.80. The molecular weight excluding hydrogens is 254 g/mol. The molecule has 1 N–H and O–H groups in total. The van der Waals surface area contributed by atoms with Crippen LogP contribution < -0.4 is 5.32 Å². The third-order valence-corrected chi connectivity index (χ3v) is 4.59. The fourth-order valence-electron chi connectivity index (χ4n) is 1.81. The Balaban J connectivity index is 1.80. The van der Waals surface area contributed by atoms with Gasteiger partial charge in [0.05, 0.1) is 4.88 Å². The molecule has 1 aliphatic rings. The molecule has 0 aromatic carbocycles. The summed E-state index contributed by atoms with van der Waals surface area (Å²) in [5.74, 6) is 0.0130. The molecule has 1 aromatic rings. The van der Waals surface area contributed by atoms with Gasteiger partial charge in [-0.15, -0.1) is 24.0 Å². The van der Waals surface area contributed by atoms with E-state index in [0.717, 1.165) is 29.3 Å². The molecule has 1 saturated carbocycles. The van der Waals surface area contributed by atoms with E-state index < -0.39 is 0 Å². The first-order valence-corrected chi connectivity index (χ1v) is 7.03. The predicted molar refractivity (Wildman–Crippen MR) is 72.1 cm³/mol. The summed E-state index contributed by atoms with van der Waals surface area (Å²) in [6.07, 6.45) is 3.42. The van der Waals surface area contributed by atoms with Gasteiger partial charge < -0.3 is 10.1 Å². The Morgan fingerprint density at radius 1 is 1.65 bits per heavy atom. The van der Waals surface area contributed by atoms with Crippen LogP contribution in [0.5, 0.6) is 0 Å². The maximum Gasteiger partial charge on any atom is 0.261 e. The number of methoxy groups -OCH3 is 1. The van der Waals surface area contributed by atoms with Crippen LogP contribution in [0.15, 0.2) is 16.3 Å². The Morgan fingerprint density at radius 2 is 2.41 bits per heavy atom. The Bertz CT molecular complexity index is 399. The molecule has 0 unspecified atom stereocenters. The maximum absolute atomic E-state index is 11.8. The molecule has 0 bridgehead atoms. The van der Waals surface area contributed by atoms with E-state index in [4.69, 9.17) is 4.74 Å². The Kier molecular flexibility index (Phi) is 4.12. The normalized spacial score (nSPS) is 16.8. The number of carbonyl (C=O) groups is 1. The molecule has 0 aliphatic heterocycles. The highest BCUT2D eigenvalue weighted by Gasteiger charge is 2.42. The van der Waals surface area contributed by atoms with Crippen molar-refractivity contribution in [1.82, 2.24) is 5.32 Å². The zero-order chi connectivity index (χ0) is 12.3. The molecule has 1 amide bonds.